The average Bonchev–Trinajstić information content (AvgIpc) is 2.53. The van der Waals surface area contributed by atoms with Crippen LogP contribution in [0.25, 0.3) is 0 Å². The molecule has 0 aliphatic carbocycles. The molecular formula is C18H19F2NO3. The second-order valence-electron chi connectivity index (χ2n) is 5.54. The lowest BCUT2D eigenvalue weighted by atomic mass is 9.95. The highest BCUT2D eigenvalue weighted by atomic mass is 19.1. The Balaban J connectivity index is 2.04. The molecule has 0 fully saturated rings. The molecule has 0 saturated carbocycles. The van der Waals surface area contributed by atoms with Gasteiger partial charge in [0.05, 0.1) is 13.2 Å². The van der Waals surface area contributed by atoms with Crippen molar-refractivity contribution < 1.29 is 23.4 Å². The summed E-state index contributed by atoms with van der Waals surface area (Å²) in [4.78, 5) is 12.1. The molecule has 0 saturated heterocycles. The maximum atomic E-state index is 13.8. The van der Waals surface area contributed by atoms with E-state index in [0.717, 1.165) is 12.1 Å². The smallest absolute Gasteiger partial charge is 0.251 e. The van der Waals surface area contributed by atoms with E-state index < -0.39 is 23.1 Å². The zero-order valence-electron chi connectivity index (χ0n) is 13.5. The van der Waals surface area contributed by atoms with Crippen LogP contribution in [0.3, 0.4) is 0 Å². The van der Waals surface area contributed by atoms with Gasteiger partial charge < -0.3 is 15.2 Å². The molecule has 24 heavy (non-hydrogen) atoms. The van der Waals surface area contributed by atoms with Crippen molar-refractivity contribution >= 4 is 5.91 Å². The third kappa shape index (κ3) is 4.29. The first-order chi connectivity index (χ1) is 11.3. The van der Waals surface area contributed by atoms with Gasteiger partial charge in [0.15, 0.2) is 0 Å². The van der Waals surface area contributed by atoms with Crippen LogP contribution >= 0.6 is 0 Å². The Labute approximate surface area is 139 Å². The van der Waals surface area contributed by atoms with Gasteiger partial charge in [0.2, 0.25) is 0 Å². The van der Waals surface area contributed by atoms with Crippen LogP contribution < -0.4 is 10.1 Å². The third-order valence-corrected chi connectivity index (χ3v) is 3.53. The minimum absolute atomic E-state index is 0.0871. The van der Waals surface area contributed by atoms with Gasteiger partial charge in [0.1, 0.15) is 23.0 Å². The summed E-state index contributed by atoms with van der Waals surface area (Å²) >= 11 is 0. The zero-order chi connectivity index (χ0) is 17.7. The first-order valence-corrected chi connectivity index (χ1v) is 7.52. The van der Waals surface area contributed by atoms with Gasteiger partial charge in [-0.05, 0) is 44.2 Å². The molecule has 0 aliphatic rings. The van der Waals surface area contributed by atoms with E-state index in [1.807, 2.05) is 6.92 Å². The van der Waals surface area contributed by atoms with E-state index in [1.165, 1.54) is 6.92 Å². The molecule has 0 heterocycles. The maximum absolute atomic E-state index is 13.8. The molecule has 1 atom stereocenters. The molecule has 2 aromatic carbocycles. The fourth-order valence-corrected chi connectivity index (χ4v) is 2.25. The second-order valence-corrected chi connectivity index (χ2v) is 5.54. The summed E-state index contributed by atoms with van der Waals surface area (Å²) in [5.41, 5.74) is -1.37. The average molecular weight is 335 g/mol. The van der Waals surface area contributed by atoms with E-state index >= 15 is 0 Å². The number of nitrogens with one attached hydrogen (secondary N) is 1. The fourth-order valence-electron chi connectivity index (χ4n) is 2.25. The number of ether oxygens (including phenoxy) is 1. The van der Waals surface area contributed by atoms with Gasteiger partial charge in [-0.1, -0.05) is 6.07 Å². The molecule has 128 valence electrons. The lowest BCUT2D eigenvalue weighted by molar-refractivity contribution is 0.0494. The molecule has 0 radical (unpaired) electrons. The standard InChI is InChI=1S/C18H19F2NO3/c1-3-24-14-7-4-12(5-8-14)17(22)21-11-18(2,23)15-9-6-13(19)10-16(15)20/h4-10,23H,3,11H2,1-2H3,(H,21,22). The van der Waals surface area contributed by atoms with E-state index in [0.29, 0.717) is 24.0 Å². The van der Waals surface area contributed by atoms with Crippen LogP contribution in [0.1, 0.15) is 29.8 Å². The Morgan fingerprint density at radius 1 is 1.21 bits per heavy atom. The van der Waals surface area contributed by atoms with Crippen LogP contribution in [-0.4, -0.2) is 24.2 Å². The minimum Gasteiger partial charge on any atom is -0.494 e. The number of carbonyl (C=O) groups excluding carboxylic acids is 1. The zero-order valence-corrected chi connectivity index (χ0v) is 13.5. The monoisotopic (exact) mass is 335 g/mol. The van der Waals surface area contributed by atoms with Crippen LogP contribution in [0.15, 0.2) is 42.5 Å². The summed E-state index contributed by atoms with van der Waals surface area (Å²) in [5, 5.41) is 12.9. The normalized spacial score (nSPS) is 13.2. The van der Waals surface area contributed by atoms with Crippen LogP contribution in [0.2, 0.25) is 0 Å². The van der Waals surface area contributed by atoms with Gasteiger partial charge in [0.25, 0.3) is 5.91 Å². The highest BCUT2D eigenvalue weighted by Crippen LogP contribution is 2.23. The number of halogens is 2. The molecule has 2 N–H and O–H groups in total. The van der Waals surface area contributed by atoms with Gasteiger partial charge in [-0.25, -0.2) is 8.78 Å². The minimum atomic E-state index is -1.67. The summed E-state index contributed by atoms with van der Waals surface area (Å²) in [7, 11) is 0. The van der Waals surface area contributed by atoms with E-state index in [4.69, 9.17) is 4.74 Å². The Hall–Kier alpha value is -2.47. The number of carbonyl (C=O) groups is 1. The number of benzene rings is 2. The van der Waals surface area contributed by atoms with Gasteiger partial charge in [-0.3, -0.25) is 4.79 Å². The number of amides is 1. The van der Waals surface area contributed by atoms with Gasteiger partial charge in [0, 0.05) is 17.2 Å². The van der Waals surface area contributed by atoms with Crippen molar-refractivity contribution in [2.75, 3.05) is 13.2 Å². The summed E-state index contributed by atoms with van der Waals surface area (Å²) in [6.07, 6.45) is 0. The SMILES string of the molecule is CCOc1ccc(C(=O)NCC(C)(O)c2ccc(F)cc2F)cc1. The molecule has 0 aliphatic heterocycles. The number of hydrogen-bond donors (Lipinski definition) is 2. The molecule has 2 rings (SSSR count). The van der Waals surface area contributed by atoms with Gasteiger partial charge in [-0.2, -0.15) is 0 Å². The molecule has 4 nitrogen and oxygen atoms in total. The highest BCUT2D eigenvalue weighted by Gasteiger charge is 2.27. The predicted octanol–water partition coefficient (Wildman–Crippen LogP) is 3.00. The Kier molecular flexibility index (Phi) is 5.51. The molecule has 0 spiro atoms. The van der Waals surface area contributed by atoms with Crippen molar-refractivity contribution in [1.29, 1.82) is 0 Å². The van der Waals surface area contributed by atoms with Crippen LogP contribution in [-0.2, 0) is 5.60 Å². The van der Waals surface area contributed by atoms with Crippen molar-refractivity contribution in [3.05, 3.63) is 65.2 Å². The number of rotatable bonds is 6. The largest absolute Gasteiger partial charge is 0.494 e. The Bertz CT molecular complexity index is 715. The third-order valence-electron chi connectivity index (χ3n) is 3.53. The Morgan fingerprint density at radius 3 is 2.46 bits per heavy atom. The summed E-state index contributed by atoms with van der Waals surface area (Å²) < 4.78 is 32.0. The lowest BCUT2D eigenvalue weighted by Gasteiger charge is -2.24. The first kappa shape index (κ1) is 17.9. The molecule has 0 bridgehead atoms. The maximum Gasteiger partial charge on any atom is 0.251 e. The summed E-state index contributed by atoms with van der Waals surface area (Å²) in [6.45, 7) is 3.51. The second kappa shape index (κ2) is 7.40. The van der Waals surface area contributed by atoms with Crippen LogP contribution in [0.5, 0.6) is 5.75 Å². The molecule has 2 aromatic rings. The summed E-state index contributed by atoms with van der Waals surface area (Å²) in [5.74, 6) is -1.36. The molecule has 1 unspecified atom stereocenters. The molecule has 1 amide bonds. The number of hydrogen-bond acceptors (Lipinski definition) is 3. The van der Waals surface area contributed by atoms with E-state index in [1.54, 1.807) is 24.3 Å². The fraction of sp³-hybridized carbons (Fsp3) is 0.278. The van der Waals surface area contributed by atoms with E-state index in [9.17, 15) is 18.7 Å². The van der Waals surface area contributed by atoms with Crippen molar-refractivity contribution in [2.45, 2.75) is 19.4 Å². The predicted molar refractivity (Wildman–Crippen MR) is 85.9 cm³/mol. The van der Waals surface area contributed by atoms with E-state index in [-0.39, 0.29) is 12.1 Å². The summed E-state index contributed by atoms with van der Waals surface area (Å²) in [6, 6.07) is 9.42. The van der Waals surface area contributed by atoms with Crippen LogP contribution in [0, 0.1) is 11.6 Å². The topological polar surface area (TPSA) is 58.6 Å². The quantitative estimate of drug-likeness (QED) is 0.853. The molecule has 6 heteroatoms. The van der Waals surface area contributed by atoms with Crippen molar-refractivity contribution in [2.24, 2.45) is 0 Å². The molecule has 0 aromatic heterocycles. The van der Waals surface area contributed by atoms with E-state index in [2.05, 4.69) is 5.32 Å². The van der Waals surface area contributed by atoms with Crippen molar-refractivity contribution in [3.63, 3.8) is 0 Å². The van der Waals surface area contributed by atoms with Crippen LogP contribution in [0.4, 0.5) is 8.78 Å². The van der Waals surface area contributed by atoms with Gasteiger partial charge >= 0.3 is 0 Å². The van der Waals surface area contributed by atoms with Crippen molar-refractivity contribution in [1.82, 2.24) is 5.32 Å². The van der Waals surface area contributed by atoms with Crippen molar-refractivity contribution in [3.8, 4) is 5.75 Å². The molecular weight excluding hydrogens is 316 g/mol. The van der Waals surface area contributed by atoms with Gasteiger partial charge in [-0.15, -0.1) is 0 Å². The Morgan fingerprint density at radius 2 is 1.88 bits per heavy atom. The first-order valence-electron chi connectivity index (χ1n) is 7.52. The lowest BCUT2D eigenvalue weighted by Crippen LogP contribution is -2.39. The number of aliphatic hydroxyl groups is 1. The highest BCUT2D eigenvalue weighted by molar-refractivity contribution is 5.94.